The number of amides is 1. The first-order valence-corrected chi connectivity index (χ1v) is 7.89. The van der Waals surface area contributed by atoms with Crippen molar-refractivity contribution in [2.24, 2.45) is 0 Å². The maximum absolute atomic E-state index is 13.4. The monoisotopic (exact) mass is 313 g/mol. The van der Waals surface area contributed by atoms with E-state index >= 15 is 0 Å². The molecule has 3 nitrogen and oxygen atoms in total. The van der Waals surface area contributed by atoms with Crippen molar-refractivity contribution < 1.29 is 14.3 Å². The largest absolute Gasteiger partial charge is 0.388 e. The van der Waals surface area contributed by atoms with Crippen LogP contribution in [0.3, 0.4) is 0 Å². The molecule has 1 saturated carbocycles. The normalized spacial score (nSPS) is 16.6. The summed E-state index contributed by atoms with van der Waals surface area (Å²) in [6.45, 7) is 0.395. The average molecular weight is 313 g/mol. The molecule has 1 amide bonds. The fourth-order valence-corrected chi connectivity index (χ4v) is 2.89. The van der Waals surface area contributed by atoms with E-state index in [4.69, 9.17) is 0 Å². The highest BCUT2D eigenvalue weighted by Crippen LogP contribution is 2.48. The summed E-state index contributed by atoms with van der Waals surface area (Å²) in [6, 6.07) is 15.6. The molecule has 1 aliphatic carbocycles. The quantitative estimate of drug-likeness (QED) is 0.861. The van der Waals surface area contributed by atoms with E-state index in [1.54, 1.807) is 12.1 Å². The van der Waals surface area contributed by atoms with Crippen molar-refractivity contribution in [2.75, 3.05) is 6.54 Å². The number of hydrogen-bond acceptors (Lipinski definition) is 2. The first-order chi connectivity index (χ1) is 11.1. The number of hydrogen-bond donors (Lipinski definition) is 2. The third-order valence-electron chi connectivity index (χ3n) is 4.45. The molecular weight excluding hydrogens is 293 g/mol. The van der Waals surface area contributed by atoms with E-state index < -0.39 is 11.5 Å². The molecule has 1 unspecified atom stereocenters. The second-order valence-electron chi connectivity index (χ2n) is 6.06. The van der Waals surface area contributed by atoms with Gasteiger partial charge in [0, 0.05) is 6.54 Å². The lowest BCUT2D eigenvalue weighted by Gasteiger charge is -2.17. The van der Waals surface area contributed by atoms with Crippen molar-refractivity contribution >= 4 is 5.91 Å². The average Bonchev–Trinajstić information content (AvgIpc) is 3.37. The molecule has 0 radical (unpaired) electrons. The molecule has 1 aliphatic rings. The lowest BCUT2D eigenvalue weighted by atomic mass is 9.95. The molecular formula is C19H20FNO2. The molecule has 4 heteroatoms. The van der Waals surface area contributed by atoms with Gasteiger partial charge in [-0.3, -0.25) is 4.79 Å². The van der Waals surface area contributed by atoms with Crippen LogP contribution in [0.1, 0.15) is 36.5 Å². The summed E-state index contributed by atoms with van der Waals surface area (Å²) in [4.78, 5) is 12.4. The maximum atomic E-state index is 13.4. The Bertz CT molecular complexity index is 683. The Labute approximate surface area is 135 Å². The van der Waals surface area contributed by atoms with Gasteiger partial charge in [-0.25, -0.2) is 4.39 Å². The van der Waals surface area contributed by atoms with Crippen LogP contribution in [0.4, 0.5) is 4.39 Å². The molecule has 0 aromatic heterocycles. The van der Waals surface area contributed by atoms with Crippen LogP contribution in [0.5, 0.6) is 0 Å². The standard InChI is InChI=1S/C19H20FNO2/c20-16-8-4-7-15(13-16)19(10-11-19)18(23)21-12-9-17(22)14-5-2-1-3-6-14/h1-8,13,17,22H,9-12H2,(H,21,23). The molecule has 120 valence electrons. The van der Waals surface area contributed by atoms with E-state index in [9.17, 15) is 14.3 Å². The van der Waals surface area contributed by atoms with Gasteiger partial charge in [-0.1, -0.05) is 42.5 Å². The molecule has 3 rings (SSSR count). The molecule has 0 spiro atoms. The van der Waals surface area contributed by atoms with Gasteiger partial charge in [0.15, 0.2) is 0 Å². The number of nitrogens with one attached hydrogen (secondary N) is 1. The lowest BCUT2D eigenvalue weighted by molar-refractivity contribution is -0.123. The third kappa shape index (κ3) is 3.42. The highest BCUT2D eigenvalue weighted by atomic mass is 19.1. The third-order valence-corrected chi connectivity index (χ3v) is 4.45. The van der Waals surface area contributed by atoms with E-state index in [0.717, 1.165) is 24.0 Å². The predicted octanol–water partition coefficient (Wildman–Crippen LogP) is 3.10. The van der Waals surface area contributed by atoms with E-state index in [0.29, 0.717) is 13.0 Å². The van der Waals surface area contributed by atoms with E-state index in [-0.39, 0.29) is 11.7 Å². The fraction of sp³-hybridized carbons (Fsp3) is 0.316. The lowest BCUT2D eigenvalue weighted by Crippen LogP contribution is -2.35. The van der Waals surface area contributed by atoms with E-state index in [1.807, 2.05) is 30.3 Å². The molecule has 2 aromatic rings. The van der Waals surface area contributed by atoms with E-state index in [1.165, 1.54) is 12.1 Å². The topological polar surface area (TPSA) is 49.3 Å². The SMILES string of the molecule is O=C(NCCC(O)c1ccccc1)C1(c2cccc(F)c2)CC1. The van der Waals surface area contributed by atoms with Crippen LogP contribution >= 0.6 is 0 Å². The van der Waals surface area contributed by atoms with Crippen LogP contribution in [-0.2, 0) is 10.2 Å². The van der Waals surface area contributed by atoms with Crippen LogP contribution in [0.15, 0.2) is 54.6 Å². The summed E-state index contributed by atoms with van der Waals surface area (Å²) in [5.41, 5.74) is 0.992. The Kier molecular flexibility index (Phi) is 4.44. The predicted molar refractivity (Wildman–Crippen MR) is 86.3 cm³/mol. The smallest absolute Gasteiger partial charge is 0.230 e. The molecule has 23 heavy (non-hydrogen) atoms. The first-order valence-electron chi connectivity index (χ1n) is 7.89. The second-order valence-corrected chi connectivity index (χ2v) is 6.06. The Balaban J connectivity index is 1.56. The van der Waals surface area contributed by atoms with E-state index in [2.05, 4.69) is 5.32 Å². The van der Waals surface area contributed by atoms with Crippen LogP contribution in [0, 0.1) is 5.82 Å². The van der Waals surface area contributed by atoms with Crippen molar-refractivity contribution in [3.8, 4) is 0 Å². The number of aliphatic hydroxyl groups is 1. The van der Waals surface area contributed by atoms with Crippen LogP contribution < -0.4 is 5.32 Å². The van der Waals surface area contributed by atoms with Crippen molar-refractivity contribution in [3.63, 3.8) is 0 Å². The maximum Gasteiger partial charge on any atom is 0.230 e. The van der Waals surface area contributed by atoms with Gasteiger partial charge >= 0.3 is 0 Å². The number of rotatable bonds is 6. The Hall–Kier alpha value is -2.20. The van der Waals surface area contributed by atoms with Crippen LogP contribution in [-0.4, -0.2) is 17.6 Å². The molecule has 0 heterocycles. The van der Waals surface area contributed by atoms with Gasteiger partial charge in [0.1, 0.15) is 5.82 Å². The highest BCUT2D eigenvalue weighted by Gasteiger charge is 2.51. The number of aliphatic hydroxyl groups excluding tert-OH is 1. The van der Waals surface area contributed by atoms with Gasteiger partial charge in [-0.15, -0.1) is 0 Å². The minimum atomic E-state index is -0.596. The molecule has 1 fully saturated rings. The summed E-state index contributed by atoms with van der Waals surface area (Å²) in [5.74, 6) is -0.399. The zero-order chi connectivity index (χ0) is 16.3. The number of carbonyl (C=O) groups excluding carboxylic acids is 1. The summed E-state index contributed by atoms with van der Waals surface area (Å²) >= 11 is 0. The van der Waals surface area contributed by atoms with Gasteiger partial charge in [-0.05, 0) is 42.5 Å². The zero-order valence-corrected chi connectivity index (χ0v) is 12.8. The Morgan fingerprint density at radius 2 is 1.91 bits per heavy atom. The number of benzene rings is 2. The second kappa shape index (κ2) is 6.50. The van der Waals surface area contributed by atoms with Crippen molar-refractivity contribution in [3.05, 3.63) is 71.5 Å². The van der Waals surface area contributed by atoms with Gasteiger partial charge in [0.25, 0.3) is 0 Å². The number of carbonyl (C=O) groups is 1. The summed E-state index contributed by atoms with van der Waals surface area (Å²) in [6.07, 6.45) is 1.34. The Morgan fingerprint density at radius 3 is 2.57 bits per heavy atom. The van der Waals surface area contributed by atoms with Gasteiger partial charge in [-0.2, -0.15) is 0 Å². The fourth-order valence-electron chi connectivity index (χ4n) is 2.89. The Morgan fingerprint density at radius 1 is 1.17 bits per heavy atom. The van der Waals surface area contributed by atoms with Crippen molar-refractivity contribution in [1.82, 2.24) is 5.32 Å². The van der Waals surface area contributed by atoms with Crippen molar-refractivity contribution in [1.29, 1.82) is 0 Å². The van der Waals surface area contributed by atoms with Crippen LogP contribution in [0.25, 0.3) is 0 Å². The molecule has 1 atom stereocenters. The summed E-state index contributed by atoms with van der Waals surface area (Å²) in [5, 5.41) is 13.0. The zero-order valence-electron chi connectivity index (χ0n) is 12.8. The highest BCUT2D eigenvalue weighted by molar-refractivity contribution is 5.91. The van der Waals surface area contributed by atoms with Crippen molar-refractivity contribution in [2.45, 2.75) is 30.8 Å². The molecule has 2 N–H and O–H groups in total. The summed E-state index contributed by atoms with van der Waals surface area (Å²) in [7, 11) is 0. The van der Waals surface area contributed by atoms with Gasteiger partial charge in [0.2, 0.25) is 5.91 Å². The van der Waals surface area contributed by atoms with Gasteiger partial charge < -0.3 is 10.4 Å². The summed E-state index contributed by atoms with van der Waals surface area (Å²) < 4.78 is 13.4. The molecule has 0 saturated heterocycles. The van der Waals surface area contributed by atoms with Crippen LogP contribution in [0.2, 0.25) is 0 Å². The molecule has 0 bridgehead atoms. The first kappa shape index (κ1) is 15.7. The number of halogens is 1. The minimum absolute atomic E-state index is 0.0802. The minimum Gasteiger partial charge on any atom is -0.388 e. The molecule has 0 aliphatic heterocycles. The molecule has 2 aromatic carbocycles. The van der Waals surface area contributed by atoms with Gasteiger partial charge in [0.05, 0.1) is 11.5 Å².